The maximum Gasteiger partial charge on any atom is 0.325 e. The number of nitrogens with zero attached hydrogens (tertiary/aromatic N) is 7. The van der Waals surface area contributed by atoms with Crippen LogP contribution in [0.1, 0.15) is 18.2 Å². The van der Waals surface area contributed by atoms with E-state index in [1.54, 1.807) is 31.2 Å². The quantitative estimate of drug-likeness (QED) is 0.663. The van der Waals surface area contributed by atoms with E-state index < -0.39 is 17.5 Å². The smallest absolute Gasteiger partial charge is 0.319 e. The molecule has 1 fully saturated rings. The molecule has 10 nitrogen and oxygen atoms in total. The number of rotatable bonds is 4. The number of hydrogen-bond donors (Lipinski definition) is 1. The summed E-state index contributed by atoms with van der Waals surface area (Å²) >= 11 is 6.98. The highest BCUT2D eigenvalue weighted by molar-refractivity contribution is 7.10. The number of imide groups is 1. The number of halogens is 1. The monoisotopic (exact) mass is 390 g/mol. The van der Waals surface area contributed by atoms with Gasteiger partial charge in [0, 0.05) is 11.5 Å². The van der Waals surface area contributed by atoms with Crippen LogP contribution < -0.4 is 5.32 Å². The van der Waals surface area contributed by atoms with Gasteiger partial charge in [-0.1, -0.05) is 28.2 Å². The maximum atomic E-state index is 13.0. The third-order valence-electron chi connectivity index (χ3n) is 4.13. The normalized spacial score (nSPS) is 19.8. The van der Waals surface area contributed by atoms with E-state index in [-0.39, 0.29) is 6.54 Å². The van der Waals surface area contributed by atoms with Crippen LogP contribution in [-0.2, 0) is 16.9 Å². The Morgan fingerprint density at radius 3 is 2.88 bits per heavy atom. The van der Waals surface area contributed by atoms with Crippen molar-refractivity contribution in [2.75, 3.05) is 0 Å². The predicted molar refractivity (Wildman–Crippen MR) is 90.5 cm³/mol. The summed E-state index contributed by atoms with van der Waals surface area (Å²) in [7, 11) is 0. The number of hydrogen-bond acceptors (Lipinski definition) is 8. The zero-order valence-electron chi connectivity index (χ0n) is 13.3. The summed E-state index contributed by atoms with van der Waals surface area (Å²) in [5.41, 5.74) is 0.429. The van der Waals surface area contributed by atoms with Gasteiger partial charge >= 0.3 is 6.03 Å². The molecule has 0 bridgehead atoms. The van der Waals surface area contributed by atoms with Crippen LogP contribution in [0.25, 0.3) is 5.69 Å². The number of tetrazole rings is 1. The molecule has 132 valence electrons. The summed E-state index contributed by atoms with van der Waals surface area (Å²) in [4.78, 5) is 26.5. The van der Waals surface area contributed by atoms with Gasteiger partial charge in [0.05, 0.1) is 12.2 Å². The first-order chi connectivity index (χ1) is 12.5. The first kappa shape index (κ1) is 16.5. The SMILES string of the molecule is C[C@]1(c2cccc(-n3cnnn3)c2)NC(=O)N(Cc2nnsc2Cl)C1=O. The molecule has 1 aliphatic rings. The number of amides is 3. The molecule has 12 heteroatoms. The minimum atomic E-state index is -1.23. The Morgan fingerprint density at radius 1 is 1.35 bits per heavy atom. The molecule has 3 aromatic rings. The van der Waals surface area contributed by atoms with Gasteiger partial charge in [-0.15, -0.1) is 10.2 Å². The zero-order valence-corrected chi connectivity index (χ0v) is 14.9. The largest absolute Gasteiger partial charge is 0.325 e. The molecular weight excluding hydrogens is 380 g/mol. The molecular formula is C14H11ClN8O2S. The lowest BCUT2D eigenvalue weighted by Gasteiger charge is -2.22. The molecule has 1 N–H and O–H groups in total. The van der Waals surface area contributed by atoms with E-state index in [1.165, 1.54) is 11.0 Å². The molecule has 0 aliphatic carbocycles. The fraction of sp³-hybridized carbons (Fsp3) is 0.214. The number of aromatic nitrogens is 6. The molecule has 0 saturated carbocycles. The van der Waals surface area contributed by atoms with Crippen molar-refractivity contribution in [3.05, 3.63) is 46.2 Å². The van der Waals surface area contributed by atoms with Gasteiger partial charge in [0.15, 0.2) is 0 Å². The predicted octanol–water partition coefficient (Wildman–Crippen LogP) is 1.13. The Morgan fingerprint density at radius 2 is 2.19 bits per heavy atom. The highest BCUT2D eigenvalue weighted by atomic mass is 35.5. The average molecular weight is 391 g/mol. The fourth-order valence-corrected chi connectivity index (χ4v) is 3.33. The number of carbonyl (C=O) groups excluding carboxylic acids is 2. The van der Waals surface area contributed by atoms with Gasteiger partial charge in [0.1, 0.15) is 21.9 Å². The number of carbonyl (C=O) groups is 2. The summed E-state index contributed by atoms with van der Waals surface area (Å²) in [6, 6.07) is 6.54. The minimum absolute atomic E-state index is 0.0394. The minimum Gasteiger partial charge on any atom is -0.319 e. The van der Waals surface area contributed by atoms with Crippen LogP contribution in [0.4, 0.5) is 4.79 Å². The third-order valence-corrected chi connectivity index (χ3v) is 5.11. The first-order valence-electron chi connectivity index (χ1n) is 7.44. The summed E-state index contributed by atoms with van der Waals surface area (Å²) in [6.07, 6.45) is 1.44. The molecule has 2 aromatic heterocycles. The third kappa shape index (κ3) is 2.61. The van der Waals surface area contributed by atoms with E-state index in [1.807, 2.05) is 0 Å². The van der Waals surface area contributed by atoms with Gasteiger partial charge < -0.3 is 5.32 Å². The van der Waals surface area contributed by atoms with E-state index >= 15 is 0 Å². The highest BCUT2D eigenvalue weighted by Crippen LogP contribution is 2.31. The van der Waals surface area contributed by atoms with Crippen LogP contribution in [0.2, 0.25) is 4.34 Å². The van der Waals surface area contributed by atoms with E-state index in [0.29, 0.717) is 21.3 Å². The molecule has 1 atom stereocenters. The van der Waals surface area contributed by atoms with Crippen LogP contribution in [0.3, 0.4) is 0 Å². The van der Waals surface area contributed by atoms with Gasteiger partial charge in [-0.05, 0) is 35.0 Å². The first-order valence-corrected chi connectivity index (χ1v) is 8.59. The van der Waals surface area contributed by atoms with Gasteiger partial charge in [-0.25, -0.2) is 9.48 Å². The topological polar surface area (TPSA) is 119 Å². The molecule has 1 aromatic carbocycles. The van der Waals surface area contributed by atoms with Crippen LogP contribution in [0.5, 0.6) is 0 Å². The van der Waals surface area contributed by atoms with E-state index in [4.69, 9.17) is 11.6 Å². The lowest BCUT2D eigenvalue weighted by atomic mass is 9.91. The van der Waals surface area contributed by atoms with Crippen molar-refractivity contribution >= 4 is 35.1 Å². The standard InChI is InChI=1S/C14H11ClN8O2S/c1-14(8-3-2-4-9(5-8)23-7-16-19-20-23)12(24)22(13(25)17-14)6-10-11(15)26-21-18-10/h2-5,7H,6H2,1H3,(H,17,25)/t14-/m1/s1. The Bertz CT molecular complexity index is 991. The summed E-state index contributed by atoms with van der Waals surface area (Å²) in [5.74, 6) is -0.402. The van der Waals surface area contributed by atoms with E-state index in [2.05, 4.69) is 30.4 Å². The Hall–Kier alpha value is -2.92. The van der Waals surface area contributed by atoms with Crippen LogP contribution >= 0.6 is 23.1 Å². The molecule has 4 rings (SSSR count). The van der Waals surface area contributed by atoms with Crippen LogP contribution in [-0.4, -0.2) is 46.6 Å². The van der Waals surface area contributed by atoms with Crippen LogP contribution in [0.15, 0.2) is 30.6 Å². The maximum absolute atomic E-state index is 13.0. The molecule has 26 heavy (non-hydrogen) atoms. The molecule has 0 spiro atoms. The molecule has 3 heterocycles. The van der Waals surface area contributed by atoms with Crippen molar-refractivity contribution in [3.8, 4) is 5.69 Å². The molecule has 3 amide bonds. The summed E-state index contributed by atoms with van der Waals surface area (Å²) in [6.45, 7) is 1.61. The second-order valence-electron chi connectivity index (χ2n) is 5.74. The second-order valence-corrected chi connectivity index (χ2v) is 7.10. The average Bonchev–Trinajstić information content (AvgIpc) is 3.34. The fourth-order valence-electron chi connectivity index (χ4n) is 2.72. The van der Waals surface area contributed by atoms with Gasteiger partial charge in [0.2, 0.25) is 0 Å². The number of urea groups is 1. The molecule has 1 aliphatic heterocycles. The second kappa shape index (κ2) is 6.11. The van der Waals surface area contributed by atoms with Crippen molar-refractivity contribution in [2.45, 2.75) is 19.0 Å². The lowest BCUT2D eigenvalue weighted by molar-refractivity contribution is -0.131. The van der Waals surface area contributed by atoms with Crippen molar-refractivity contribution in [1.29, 1.82) is 0 Å². The van der Waals surface area contributed by atoms with Crippen molar-refractivity contribution in [1.82, 2.24) is 40.0 Å². The Labute approximate surface area is 155 Å². The zero-order chi connectivity index (χ0) is 18.3. The molecule has 1 saturated heterocycles. The number of nitrogens with one attached hydrogen (secondary N) is 1. The van der Waals surface area contributed by atoms with Crippen molar-refractivity contribution in [3.63, 3.8) is 0 Å². The van der Waals surface area contributed by atoms with Crippen LogP contribution in [0, 0.1) is 0 Å². The van der Waals surface area contributed by atoms with Crippen molar-refractivity contribution < 1.29 is 9.59 Å². The Kier molecular flexibility index (Phi) is 3.89. The highest BCUT2D eigenvalue weighted by Gasteiger charge is 2.49. The lowest BCUT2D eigenvalue weighted by Crippen LogP contribution is -2.40. The van der Waals surface area contributed by atoms with E-state index in [9.17, 15) is 9.59 Å². The van der Waals surface area contributed by atoms with Gasteiger partial charge in [-0.2, -0.15) is 0 Å². The summed E-state index contributed by atoms with van der Waals surface area (Å²) in [5, 5.41) is 17.6. The molecule has 0 radical (unpaired) electrons. The van der Waals surface area contributed by atoms with E-state index in [0.717, 1.165) is 16.4 Å². The Balaban J connectivity index is 1.66. The molecule has 0 unspecified atom stereocenters. The van der Waals surface area contributed by atoms with Crippen molar-refractivity contribution in [2.24, 2.45) is 0 Å². The van der Waals surface area contributed by atoms with Gasteiger partial charge in [-0.3, -0.25) is 9.69 Å². The summed E-state index contributed by atoms with van der Waals surface area (Å²) < 4.78 is 5.53. The number of benzene rings is 1. The van der Waals surface area contributed by atoms with Gasteiger partial charge in [0.25, 0.3) is 5.91 Å².